The first kappa shape index (κ1) is 12.9. The molecule has 110 valence electrons. The minimum atomic E-state index is -0.991. The van der Waals surface area contributed by atoms with E-state index in [-0.39, 0.29) is 6.79 Å². The molecule has 4 rings (SSSR count). The molecule has 3 aromatic rings. The van der Waals surface area contributed by atoms with Gasteiger partial charge in [0, 0.05) is 17.0 Å². The molecule has 0 amide bonds. The lowest BCUT2D eigenvalue weighted by Gasteiger charge is -2.03. The van der Waals surface area contributed by atoms with Crippen LogP contribution in [0.4, 0.5) is 0 Å². The van der Waals surface area contributed by atoms with Crippen LogP contribution in [-0.2, 0) is 4.79 Å². The van der Waals surface area contributed by atoms with E-state index in [0.29, 0.717) is 11.4 Å². The molecule has 0 fully saturated rings. The van der Waals surface area contributed by atoms with E-state index in [4.69, 9.17) is 14.6 Å². The Morgan fingerprint density at radius 2 is 2.23 bits per heavy atom. The first-order valence-corrected chi connectivity index (χ1v) is 7.36. The standard InChI is InChI=1S/C15H10N2O4S/c18-14(19)4-2-10-6-16-15-17(10)11(7-22-15)9-1-3-12-13(5-9)21-8-20-12/h1-7H,8H2,(H,18,19)/b4-2+. The van der Waals surface area contributed by atoms with E-state index in [1.54, 1.807) is 6.20 Å². The van der Waals surface area contributed by atoms with Crippen LogP contribution in [0.5, 0.6) is 11.5 Å². The highest BCUT2D eigenvalue weighted by Crippen LogP contribution is 2.37. The van der Waals surface area contributed by atoms with Crippen molar-refractivity contribution in [2.75, 3.05) is 6.79 Å². The van der Waals surface area contributed by atoms with Crippen molar-refractivity contribution < 1.29 is 19.4 Å². The monoisotopic (exact) mass is 314 g/mol. The number of carboxylic acid groups (broad SMARTS) is 1. The molecule has 0 aliphatic carbocycles. The lowest BCUT2D eigenvalue weighted by atomic mass is 10.1. The summed E-state index contributed by atoms with van der Waals surface area (Å²) in [6, 6.07) is 5.72. The van der Waals surface area contributed by atoms with E-state index in [9.17, 15) is 4.79 Å². The number of ether oxygens (including phenoxy) is 2. The molecule has 3 heterocycles. The van der Waals surface area contributed by atoms with Gasteiger partial charge >= 0.3 is 5.97 Å². The van der Waals surface area contributed by atoms with Crippen molar-refractivity contribution in [2.24, 2.45) is 0 Å². The van der Waals surface area contributed by atoms with Crippen LogP contribution in [0, 0.1) is 0 Å². The Morgan fingerprint density at radius 1 is 1.36 bits per heavy atom. The van der Waals surface area contributed by atoms with Crippen LogP contribution in [0.2, 0.25) is 0 Å². The van der Waals surface area contributed by atoms with E-state index in [2.05, 4.69) is 4.98 Å². The van der Waals surface area contributed by atoms with Crippen LogP contribution in [0.15, 0.2) is 35.9 Å². The third-order valence-corrected chi connectivity index (χ3v) is 4.18. The van der Waals surface area contributed by atoms with Crippen LogP contribution in [0.3, 0.4) is 0 Å². The maximum absolute atomic E-state index is 10.7. The topological polar surface area (TPSA) is 73.1 Å². The zero-order chi connectivity index (χ0) is 15.1. The summed E-state index contributed by atoms with van der Waals surface area (Å²) in [5.41, 5.74) is 2.60. The first-order valence-electron chi connectivity index (χ1n) is 6.48. The van der Waals surface area contributed by atoms with Crippen LogP contribution in [0.1, 0.15) is 5.69 Å². The highest BCUT2D eigenvalue weighted by Gasteiger charge is 2.16. The molecule has 1 aromatic carbocycles. The molecule has 0 radical (unpaired) electrons. The fraction of sp³-hybridized carbons (Fsp3) is 0.0667. The van der Waals surface area contributed by atoms with Gasteiger partial charge in [-0.1, -0.05) is 0 Å². The van der Waals surface area contributed by atoms with Gasteiger partial charge in [0.15, 0.2) is 16.5 Å². The average Bonchev–Trinajstić information content (AvgIpc) is 3.20. The fourth-order valence-corrected chi connectivity index (χ4v) is 3.24. The van der Waals surface area contributed by atoms with E-state index >= 15 is 0 Å². The van der Waals surface area contributed by atoms with Gasteiger partial charge in [0.1, 0.15) is 0 Å². The predicted octanol–water partition coefficient (Wildman–Crippen LogP) is 2.89. The number of imidazole rings is 1. The number of thiazole rings is 1. The molecule has 0 atom stereocenters. The zero-order valence-electron chi connectivity index (χ0n) is 11.2. The molecule has 1 aliphatic heterocycles. The number of rotatable bonds is 3. The third-order valence-electron chi connectivity index (χ3n) is 3.34. The average molecular weight is 314 g/mol. The highest BCUT2D eigenvalue weighted by molar-refractivity contribution is 7.15. The van der Waals surface area contributed by atoms with E-state index in [0.717, 1.165) is 28.0 Å². The Kier molecular flexibility index (Phi) is 2.87. The summed E-state index contributed by atoms with van der Waals surface area (Å²) in [5.74, 6) is 0.446. The molecule has 0 spiro atoms. The second-order valence-electron chi connectivity index (χ2n) is 4.66. The number of fused-ring (bicyclic) bond motifs is 2. The smallest absolute Gasteiger partial charge is 0.328 e. The van der Waals surface area contributed by atoms with Crippen molar-refractivity contribution in [2.45, 2.75) is 0 Å². The van der Waals surface area contributed by atoms with Crippen molar-refractivity contribution >= 4 is 28.3 Å². The van der Waals surface area contributed by atoms with Crippen LogP contribution in [-0.4, -0.2) is 27.3 Å². The number of benzene rings is 1. The van der Waals surface area contributed by atoms with Gasteiger partial charge in [0.25, 0.3) is 0 Å². The number of hydrogen-bond donors (Lipinski definition) is 1. The molecule has 22 heavy (non-hydrogen) atoms. The SMILES string of the molecule is O=C(O)/C=C/c1cnc2scc(-c3ccc4c(c3)OCO4)n12. The molecule has 1 N–H and O–H groups in total. The van der Waals surface area contributed by atoms with E-state index in [1.165, 1.54) is 17.4 Å². The van der Waals surface area contributed by atoms with Crippen LogP contribution >= 0.6 is 11.3 Å². The summed E-state index contributed by atoms with van der Waals surface area (Å²) in [6.07, 6.45) is 4.29. The zero-order valence-corrected chi connectivity index (χ0v) is 12.0. The van der Waals surface area contributed by atoms with Crippen LogP contribution < -0.4 is 9.47 Å². The summed E-state index contributed by atoms with van der Waals surface area (Å²) in [7, 11) is 0. The molecule has 0 saturated carbocycles. The number of carbonyl (C=O) groups is 1. The minimum absolute atomic E-state index is 0.232. The second-order valence-corrected chi connectivity index (χ2v) is 5.50. The fourth-order valence-electron chi connectivity index (χ4n) is 2.36. The number of aromatic nitrogens is 2. The summed E-state index contributed by atoms with van der Waals surface area (Å²) >= 11 is 1.50. The van der Waals surface area contributed by atoms with Crippen molar-refractivity contribution in [3.05, 3.63) is 41.5 Å². The van der Waals surface area contributed by atoms with E-state index in [1.807, 2.05) is 28.0 Å². The van der Waals surface area contributed by atoms with Crippen molar-refractivity contribution in [1.29, 1.82) is 0 Å². The van der Waals surface area contributed by atoms with Gasteiger partial charge < -0.3 is 14.6 Å². The molecule has 0 saturated heterocycles. The number of aliphatic carboxylic acids is 1. The summed E-state index contributed by atoms with van der Waals surface area (Å²) < 4.78 is 12.6. The van der Waals surface area contributed by atoms with Crippen LogP contribution in [0.25, 0.3) is 22.3 Å². The van der Waals surface area contributed by atoms with Gasteiger partial charge in [-0.05, 0) is 24.3 Å². The third kappa shape index (κ3) is 2.03. The van der Waals surface area contributed by atoms with Gasteiger partial charge in [-0.3, -0.25) is 4.40 Å². The summed E-state index contributed by atoms with van der Waals surface area (Å²) in [4.78, 5) is 15.8. The molecular formula is C15H10N2O4S. The predicted molar refractivity (Wildman–Crippen MR) is 81.3 cm³/mol. The quantitative estimate of drug-likeness (QED) is 0.753. The molecule has 0 bridgehead atoms. The van der Waals surface area contributed by atoms with Gasteiger partial charge in [-0.2, -0.15) is 0 Å². The summed E-state index contributed by atoms with van der Waals surface area (Å²) in [5, 5.41) is 10.8. The molecule has 1 aliphatic rings. The Hall–Kier alpha value is -2.80. The Balaban J connectivity index is 1.85. The maximum atomic E-state index is 10.7. The lowest BCUT2D eigenvalue weighted by Crippen LogP contribution is -1.93. The van der Waals surface area contributed by atoms with Gasteiger partial charge in [-0.25, -0.2) is 9.78 Å². The number of hydrogen-bond acceptors (Lipinski definition) is 5. The largest absolute Gasteiger partial charge is 0.478 e. The molecule has 7 heteroatoms. The lowest BCUT2D eigenvalue weighted by molar-refractivity contribution is -0.131. The van der Waals surface area contributed by atoms with Crippen molar-refractivity contribution in [3.63, 3.8) is 0 Å². The molecule has 0 unspecified atom stereocenters. The second kappa shape index (κ2) is 4.88. The molecule has 2 aromatic heterocycles. The van der Waals surface area contributed by atoms with Crippen molar-refractivity contribution in [1.82, 2.24) is 9.38 Å². The Morgan fingerprint density at radius 3 is 3.09 bits per heavy atom. The van der Waals surface area contributed by atoms with Gasteiger partial charge in [0.05, 0.1) is 17.6 Å². The van der Waals surface area contributed by atoms with Crippen molar-refractivity contribution in [3.8, 4) is 22.8 Å². The summed E-state index contributed by atoms with van der Waals surface area (Å²) in [6.45, 7) is 0.232. The van der Waals surface area contributed by atoms with E-state index < -0.39 is 5.97 Å². The normalized spacial score (nSPS) is 13.3. The number of nitrogens with zero attached hydrogens (tertiary/aromatic N) is 2. The first-order chi connectivity index (χ1) is 10.7. The maximum Gasteiger partial charge on any atom is 0.328 e. The molecular weight excluding hydrogens is 304 g/mol. The molecule has 6 nitrogen and oxygen atoms in total. The highest BCUT2D eigenvalue weighted by atomic mass is 32.1. The Bertz CT molecular complexity index is 910. The van der Waals surface area contributed by atoms with Gasteiger partial charge in [0.2, 0.25) is 6.79 Å². The minimum Gasteiger partial charge on any atom is -0.478 e. The number of carboxylic acids is 1. The Labute approximate surface area is 128 Å². The van der Waals surface area contributed by atoms with Gasteiger partial charge in [-0.15, -0.1) is 11.3 Å².